The summed E-state index contributed by atoms with van der Waals surface area (Å²) in [6.45, 7) is 3.90. The molecule has 1 aliphatic heterocycles. The Morgan fingerprint density at radius 2 is 2.19 bits per heavy atom. The van der Waals surface area contributed by atoms with Gasteiger partial charge in [0, 0.05) is 6.42 Å². The molecule has 1 N–H and O–H groups in total. The molecule has 0 aromatic heterocycles. The first-order chi connectivity index (χ1) is 7.51. The summed E-state index contributed by atoms with van der Waals surface area (Å²) in [5.41, 5.74) is -0.157. The first kappa shape index (κ1) is 11.1. The molecule has 0 saturated heterocycles. The van der Waals surface area contributed by atoms with Gasteiger partial charge in [-0.05, 0) is 37.1 Å². The molecule has 1 aliphatic rings. The molecule has 1 unspecified atom stereocenters. The molecule has 0 spiro atoms. The zero-order chi connectivity index (χ0) is 11.8. The fraction of sp³-hybridized carbons (Fsp3) is 0.385. The first-order valence-corrected chi connectivity index (χ1v) is 5.34. The van der Waals surface area contributed by atoms with Gasteiger partial charge in [0.2, 0.25) is 0 Å². The minimum atomic E-state index is -1.25. The third kappa shape index (κ3) is 1.83. The van der Waals surface area contributed by atoms with Crippen LogP contribution in [0.3, 0.4) is 0 Å². The number of benzene rings is 1. The summed E-state index contributed by atoms with van der Waals surface area (Å²) in [7, 11) is 0. The fourth-order valence-corrected chi connectivity index (χ4v) is 1.80. The van der Waals surface area contributed by atoms with Crippen LogP contribution in [0.25, 0.3) is 0 Å². The molecule has 0 saturated carbocycles. The third-order valence-corrected chi connectivity index (χ3v) is 2.92. The van der Waals surface area contributed by atoms with E-state index in [-0.39, 0.29) is 5.82 Å². The Bertz CT molecular complexity index is 436. The lowest BCUT2D eigenvalue weighted by atomic mass is 9.93. The highest BCUT2D eigenvalue weighted by molar-refractivity contribution is 5.33. The summed E-state index contributed by atoms with van der Waals surface area (Å²) < 4.78 is 18.8. The molecule has 0 bridgehead atoms. The summed E-state index contributed by atoms with van der Waals surface area (Å²) in [6.07, 6.45) is 2.64. The standard InChI is InChI=1S/C13H15FO2/c1-9-5-6-10(8-11(9)14)13(2,15)12-4-3-7-16-12/h4-6,8,15H,3,7H2,1-2H3. The van der Waals surface area contributed by atoms with Gasteiger partial charge in [-0.3, -0.25) is 0 Å². The van der Waals surface area contributed by atoms with Crippen LogP contribution in [0.2, 0.25) is 0 Å². The molecule has 0 fully saturated rings. The van der Waals surface area contributed by atoms with Gasteiger partial charge in [0.15, 0.2) is 0 Å². The second-order valence-corrected chi connectivity index (χ2v) is 4.24. The van der Waals surface area contributed by atoms with Crippen molar-refractivity contribution in [3.8, 4) is 0 Å². The molecule has 1 atom stereocenters. The minimum absolute atomic E-state index is 0.309. The zero-order valence-corrected chi connectivity index (χ0v) is 9.46. The maximum atomic E-state index is 13.4. The Hall–Kier alpha value is -1.35. The second kappa shape index (κ2) is 3.91. The van der Waals surface area contributed by atoms with Gasteiger partial charge in [-0.15, -0.1) is 0 Å². The molecule has 1 aromatic rings. The van der Waals surface area contributed by atoms with Crippen LogP contribution in [0, 0.1) is 12.7 Å². The predicted octanol–water partition coefficient (Wildman–Crippen LogP) is 2.65. The molecule has 2 rings (SSSR count). The van der Waals surface area contributed by atoms with Crippen molar-refractivity contribution in [2.24, 2.45) is 0 Å². The van der Waals surface area contributed by atoms with Crippen LogP contribution in [0.1, 0.15) is 24.5 Å². The average molecular weight is 222 g/mol. The topological polar surface area (TPSA) is 29.5 Å². The van der Waals surface area contributed by atoms with E-state index in [9.17, 15) is 9.50 Å². The summed E-state index contributed by atoms with van der Waals surface area (Å²) in [5, 5.41) is 10.3. The van der Waals surface area contributed by atoms with Crippen LogP contribution >= 0.6 is 0 Å². The summed E-state index contributed by atoms with van der Waals surface area (Å²) in [4.78, 5) is 0. The van der Waals surface area contributed by atoms with Gasteiger partial charge >= 0.3 is 0 Å². The number of hydrogen-bond donors (Lipinski definition) is 1. The van der Waals surface area contributed by atoms with Crippen LogP contribution in [-0.4, -0.2) is 11.7 Å². The van der Waals surface area contributed by atoms with Gasteiger partial charge in [-0.1, -0.05) is 12.1 Å². The maximum Gasteiger partial charge on any atom is 0.143 e. The number of halogens is 1. The Labute approximate surface area is 94.4 Å². The van der Waals surface area contributed by atoms with Gasteiger partial charge in [-0.25, -0.2) is 4.39 Å². The van der Waals surface area contributed by atoms with Gasteiger partial charge in [0.25, 0.3) is 0 Å². The highest BCUT2D eigenvalue weighted by Gasteiger charge is 2.32. The predicted molar refractivity (Wildman–Crippen MR) is 59.4 cm³/mol. The summed E-state index contributed by atoms with van der Waals surface area (Å²) >= 11 is 0. The van der Waals surface area contributed by atoms with E-state index in [0.29, 0.717) is 23.5 Å². The maximum absolute atomic E-state index is 13.4. The first-order valence-electron chi connectivity index (χ1n) is 5.34. The van der Waals surface area contributed by atoms with E-state index in [1.165, 1.54) is 6.07 Å². The van der Waals surface area contributed by atoms with E-state index >= 15 is 0 Å². The van der Waals surface area contributed by atoms with E-state index in [1.807, 2.05) is 6.08 Å². The largest absolute Gasteiger partial charge is 0.495 e. The Morgan fingerprint density at radius 1 is 1.44 bits per heavy atom. The zero-order valence-electron chi connectivity index (χ0n) is 9.46. The van der Waals surface area contributed by atoms with E-state index in [4.69, 9.17) is 4.74 Å². The van der Waals surface area contributed by atoms with Crippen molar-refractivity contribution in [2.75, 3.05) is 6.61 Å². The van der Waals surface area contributed by atoms with E-state index in [1.54, 1.807) is 26.0 Å². The number of ether oxygens (including phenoxy) is 1. The Morgan fingerprint density at radius 3 is 2.75 bits per heavy atom. The van der Waals surface area contributed by atoms with Crippen molar-refractivity contribution in [1.29, 1.82) is 0 Å². The van der Waals surface area contributed by atoms with Gasteiger partial charge < -0.3 is 9.84 Å². The van der Waals surface area contributed by atoms with Gasteiger partial charge in [0.05, 0.1) is 6.61 Å². The monoisotopic (exact) mass is 222 g/mol. The van der Waals surface area contributed by atoms with E-state index in [0.717, 1.165) is 6.42 Å². The molecule has 1 aromatic carbocycles. The minimum Gasteiger partial charge on any atom is -0.495 e. The molecule has 1 heterocycles. The normalized spacial score (nSPS) is 18.9. The molecule has 0 radical (unpaired) electrons. The van der Waals surface area contributed by atoms with Gasteiger partial charge in [-0.2, -0.15) is 0 Å². The molecule has 0 amide bonds. The van der Waals surface area contributed by atoms with Crippen molar-refractivity contribution in [2.45, 2.75) is 25.9 Å². The van der Waals surface area contributed by atoms with Gasteiger partial charge in [0.1, 0.15) is 17.2 Å². The van der Waals surface area contributed by atoms with Crippen LogP contribution in [0.15, 0.2) is 30.0 Å². The molecule has 86 valence electrons. The van der Waals surface area contributed by atoms with E-state index < -0.39 is 5.60 Å². The van der Waals surface area contributed by atoms with Crippen LogP contribution in [0.5, 0.6) is 0 Å². The van der Waals surface area contributed by atoms with Crippen molar-refractivity contribution in [1.82, 2.24) is 0 Å². The molecular weight excluding hydrogens is 207 g/mol. The molecule has 0 aliphatic carbocycles. The van der Waals surface area contributed by atoms with Crippen molar-refractivity contribution >= 4 is 0 Å². The quantitative estimate of drug-likeness (QED) is 0.833. The van der Waals surface area contributed by atoms with Crippen LogP contribution < -0.4 is 0 Å². The highest BCUT2D eigenvalue weighted by Crippen LogP contribution is 2.33. The number of aryl methyl sites for hydroxylation is 1. The van der Waals surface area contributed by atoms with Crippen molar-refractivity contribution in [3.05, 3.63) is 47.0 Å². The van der Waals surface area contributed by atoms with E-state index in [2.05, 4.69) is 0 Å². The lowest BCUT2D eigenvalue weighted by Gasteiger charge is -2.25. The summed E-state index contributed by atoms with van der Waals surface area (Å²) in [5.74, 6) is 0.201. The molecule has 3 heteroatoms. The Balaban J connectivity index is 2.38. The third-order valence-electron chi connectivity index (χ3n) is 2.92. The van der Waals surface area contributed by atoms with Crippen molar-refractivity contribution in [3.63, 3.8) is 0 Å². The Kier molecular flexibility index (Phi) is 2.72. The average Bonchev–Trinajstić information content (AvgIpc) is 2.75. The van der Waals surface area contributed by atoms with Crippen molar-refractivity contribution < 1.29 is 14.2 Å². The van der Waals surface area contributed by atoms with Crippen LogP contribution in [-0.2, 0) is 10.3 Å². The highest BCUT2D eigenvalue weighted by atomic mass is 19.1. The summed E-state index contributed by atoms with van der Waals surface area (Å²) in [6, 6.07) is 4.74. The lowest BCUT2D eigenvalue weighted by Crippen LogP contribution is -2.24. The van der Waals surface area contributed by atoms with Crippen LogP contribution in [0.4, 0.5) is 4.39 Å². The smallest absolute Gasteiger partial charge is 0.143 e. The SMILES string of the molecule is Cc1ccc(C(C)(O)C2=CCCO2)cc1F. The molecule has 16 heavy (non-hydrogen) atoms. The second-order valence-electron chi connectivity index (χ2n) is 4.24. The molecule has 2 nitrogen and oxygen atoms in total. The molecular formula is C13H15FO2. The number of aliphatic hydroxyl groups is 1. The fourth-order valence-electron chi connectivity index (χ4n) is 1.80. The number of hydrogen-bond acceptors (Lipinski definition) is 2. The lowest BCUT2D eigenvalue weighted by molar-refractivity contribution is 0.0315. The number of rotatable bonds is 2.